The van der Waals surface area contributed by atoms with Crippen LogP contribution in [0.1, 0.15) is 20.8 Å². The van der Waals surface area contributed by atoms with Crippen molar-refractivity contribution in [3.8, 4) is 0 Å². The number of hydrogen-bond acceptors (Lipinski definition) is 5. The summed E-state index contributed by atoms with van der Waals surface area (Å²) in [5, 5.41) is 3.50. The van der Waals surface area contributed by atoms with Gasteiger partial charge in [0.05, 0.1) is 0 Å². The highest BCUT2D eigenvalue weighted by molar-refractivity contribution is 14.0. The van der Waals surface area contributed by atoms with Gasteiger partial charge in [-0.3, -0.25) is 9.89 Å². The summed E-state index contributed by atoms with van der Waals surface area (Å²) in [6, 6.07) is 2.43. The van der Waals surface area contributed by atoms with Gasteiger partial charge >= 0.3 is 0 Å². The summed E-state index contributed by atoms with van der Waals surface area (Å²) in [5.41, 5.74) is 0. The molecule has 2 rings (SSSR count). The molecule has 0 unspecified atom stereocenters. The minimum absolute atomic E-state index is 0. The molecule has 0 radical (unpaired) electrons. The number of piperazine rings is 1. The number of aromatic nitrogens is 2. The molecule has 1 aliphatic heterocycles. The molecule has 0 spiro atoms. The minimum atomic E-state index is 0. The number of nitrogens with one attached hydrogen (secondary N) is 1. The maximum absolute atomic E-state index is 4.44. The average molecular weight is 461 g/mol. The van der Waals surface area contributed by atoms with Gasteiger partial charge in [-0.25, -0.2) is 9.97 Å². The van der Waals surface area contributed by atoms with Crippen LogP contribution in [0.3, 0.4) is 0 Å². The first kappa shape index (κ1) is 21.9. The maximum atomic E-state index is 4.44. The third-order valence-corrected chi connectivity index (χ3v) is 4.44. The van der Waals surface area contributed by atoms with Gasteiger partial charge in [-0.1, -0.05) is 6.92 Å². The van der Waals surface area contributed by atoms with Gasteiger partial charge in [0, 0.05) is 64.8 Å². The first-order valence-electron chi connectivity index (χ1n) is 8.87. The van der Waals surface area contributed by atoms with Crippen LogP contribution in [0.15, 0.2) is 23.5 Å². The second-order valence-corrected chi connectivity index (χ2v) is 6.22. The molecular formula is C17H32IN7. The Balaban J connectivity index is 0.00000312. The van der Waals surface area contributed by atoms with E-state index in [0.717, 1.165) is 57.7 Å². The Labute approximate surface area is 168 Å². The van der Waals surface area contributed by atoms with Gasteiger partial charge in [-0.2, -0.15) is 0 Å². The zero-order chi connectivity index (χ0) is 17.4. The van der Waals surface area contributed by atoms with Crippen LogP contribution in [0.5, 0.6) is 0 Å². The Morgan fingerprint density at radius 1 is 1.24 bits per heavy atom. The third kappa shape index (κ3) is 6.58. The van der Waals surface area contributed by atoms with E-state index in [1.54, 1.807) is 12.4 Å². The molecule has 7 nitrogen and oxygen atoms in total. The lowest BCUT2D eigenvalue weighted by Gasteiger charge is -2.36. The van der Waals surface area contributed by atoms with Crippen molar-refractivity contribution in [2.24, 2.45) is 4.99 Å². The highest BCUT2D eigenvalue weighted by atomic mass is 127. The van der Waals surface area contributed by atoms with Gasteiger partial charge in [-0.15, -0.1) is 24.0 Å². The van der Waals surface area contributed by atoms with Crippen LogP contribution < -0.4 is 10.2 Å². The van der Waals surface area contributed by atoms with Crippen molar-refractivity contribution >= 4 is 35.9 Å². The molecule has 0 atom stereocenters. The lowest BCUT2D eigenvalue weighted by atomic mass is 10.3. The molecule has 1 fully saturated rings. The molecule has 0 saturated carbocycles. The number of anilines is 1. The number of hydrogen-bond donors (Lipinski definition) is 1. The topological polar surface area (TPSA) is 59.9 Å². The van der Waals surface area contributed by atoms with E-state index >= 15 is 0 Å². The first-order chi connectivity index (χ1) is 11.7. The fourth-order valence-electron chi connectivity index (χ4n) is 3.00. The van der Waals surface area contributed by atoms with E-state index in [-0.39, 0.29) is 24.0 Å². The van der Waals surface area contributed by atoms with Crippen molar-refractivity contribution in [2.45, 2.75) is 26.8 Å². The second kappa shape index (κ2) is 11.5. The predicted octanol–water partition coefficient (Wildman–Crippen LogP) is 1.52. The molecule has 0 amide bonds. The van der Waals surface area contributed by atoms with Crippen molar-refractivity contribution in [1.82, 2.24) is 25.1 Å². The summed E-state index contributed by atoms with van der Waals surface area (Å²) in [5.74, 6) is 1.80. The highest BCUT2D eigenvalue weighted by Gasteiger charge is 2.21. The van der Waals surface area contributed by atoms with Gasteiger partial charge in [0.25, 0.3) is 0 Å². The van der Waals surface area contributed by atoms with Gasteiger partial charge < -0.3 is 15.1 Å². The first-order valence-corrected chi connectivity index (χ1v) is 8.87. The Hall–Kier alpha value is -1.16. The van der Waals surface area contributed by atoms with Crippen molar-refractivity contribution in [3.63, 3.8) is 0 Å². The summed E-state index contributed by atoms with van der Waals surface area (Å²) in [7, 11) is 1.86. The van der Waals surface area contributed by atoms with E-state index in [2.05, 4.69) is 55.7 Å². The summed E-state index contributed by atoms with van der Waals surface area (Å²) >= 11 is 0. The van der Waals surface area contributed by atoms with E-state index in [0.29, 0.717) is 6.04 Å². The van der Waals surface area contributed by atoms with Crippen molar-refractivity contribution in [1.29, 1.82) is 0 Å². The zero-order valence-electron chi connectivity index (χ0n) is 15.9. The smallest absolute Gasteiger partial charge is 0.225 e. The molecule has 8 heteroatoms. The standard InChI is InChI=1S/C17H31N7.HI/c1-5-22(15(2)3)10-9-21-16(18-4)23-11-13-24(14-12-23)17-19-7-6-8-20-17;/h6-8,15H,5,9-14H2,1-4H3,(H,18,21);1H. The van der Waals surface area contributed by atoms with Crippen LogP contribution in [0.2, 0.25) is 0 Å². The van der Waals surface area contributed by atoms with Crippen LogP contribution in [-0.2, 0) is 0 Å². The number of aliphatic imine (C=N–C) groups is 1. The highest BCUT2D eigenvalue weighted by Crippen LogP contribution is 2.09. The van der Waals surface area contributed by atoms with Crippen LogP contribution >= 0.6 is 24.0 Å². The molecule has 1 saturated heterocycles. The third-order valence-electron chi connectivity index (χ3n) is 4.44. The van der Waals surface area contributed by atoms with Crippen molar-refractivity contribution in [3.05, 3.63) is 18.5 Å². The number of guanidine groups is 1. The van der Waals surface area contributed by atoms with E-state index in [4.69, 9.17) is 0 Å². The normalized spacial score (nSPS) is 15.5. The van der Waals surface area contributed by atoms with Crippen LogP contribution in [-0.4, -0.2) is 84.6 Å². The monoisotopic (exact) mass is 461 g/mol. The van der Waals surface area contributed by atoms with E-state index < -0.39 is 0 Å². The number of nitrogens with zero attached hydrogens (tertiary/aromatic N) is 6. The molecular weight excluding hydrogens is 429 g/mol. The molecule has 1 aromatic heterocycles. The number of likely N-dealkylation sites (N-methyl/N-ethyl adjacent to an activating group) is 1. The van der Waals surface area contributed by atoms with Crippen molar-refractivity contribution in [2.75, 3.05) is 57.8 Å². The summed E-state index contributed by atoms with van der Waals surface area (Å²) < 4.78 is 0. The molecule has 1 aliphatic rings. The molecule has 0 aromatic carbocycles. The van der Waals surface area contributed by atoms with Gasteiger partial charge in [0.1, 0.15) is 0 Å². The summed E-state index contributed by atoms with van der Waals surface area (Å²) in [6.07, 6.45) is 3.59. The van der Waals surface area contributed by atoms with E-state index in [9.17, 15) is 0 Å². The maximum Gasteiger partial charge on any atom is 0.225 e. The van der Waals surface area contributed by atoms with Crippen LogP contribution in [0.25, 0.3) is 0 Å². The fraction of sp³-hybridized carbons (Fsp3) is 0.706. The quantitative estimate of drug-likeness (QED) is 0.394. The molecule has 1 N–H and O–H groups in total. The van der Waals surface area contributed by atoms with Crippen molar-refractivity contribution < 1.29 is 0 Å². The molecule has 0 aliphatic carbocycles. The van der Waals surface area contributed by atoms with E-state index in [1.807, 2.05) is 13.1 Å². The lowest BCUT2D eigenvalue weighted by molar-refractivity contribution is 0.236. The average Bonchev–Trinajstić information content (AvgIpc) is 2.62. The minimum Gasteiger partial charge on any atom is -0.355 e. The predicted molar refractivity (Wildman–Crippen MR) is 115 cm³/mol. The molecule has 142 valence electrons. The molecule has 1 aromatic rings. The Kier molecular flexibility index (Phi) is 10.0. The van der Waals surface area contributed by atoms with Crippen LogP contribution in [0.4, 0.5) is 5.95 Å². The Bertz CT molecular complexity index is 501. The Morgan fingerprint density at radius 3 is 2.40 bits per heavy atom. The largest absolute Gasteiger partial charge is 0.355 e. The van der Waals surface area contributed by atoms with Gasteiger partial charge in [-0.05, 0) is 26.5 Å². The second-order valence-electron chi connectivity index (χ2n) is 6.22. The Morgan fingerprint density at radius 2 is 1.88 bits per heavy atom. The summed E-state index contributed by atoms with van der Waals surface area (Å²) in [4.78, 5) is 20.1. The van der Waals surface area contributed by atoms with Gasteiger partial charge in [0.15, 0.2) is 5.96 Å². The molecule has 25 heavy (non-hydrogen) atoms. The fourth-order valence-corrected chi connectivity index (χ4v) is 3.00. The number of halogens is 1. The molecule has 2 heterocycles. The lowest BCUT2D eigenvalue weighted by Crippen LogP contribution is -2.53. The number of rotatable bonds is 6. The van der Waals surface area contributed by atoms with Crippen LogP contribution in [0, 0.1) is 0 Å². The molecule has 0 bridgehead atoms. The van der Waals surface area contributed by atoms with E-state index in [1.165, 1.54) is 0 Å². The zero-order valence-corrected chi connectivity index (χ0v) is 18.2. The van der Waals surface area contributed by atoms with Gasteiger partial charge in [0.2, 0.25) is 5.95 Å². The SMILES string of the molecule is CCN(CCNC(=NC)N1CCN(c2ncccn2)CC1)C(C)C.I. The summed E-state index contributed by atoms with van der Waals surface area (Å²) in [6.45, 7) is 13.4.